The fourth-order valence-electron chi connectivity index (χ4n) is 4.15. The number of methoxy groups -OCH3 is 2. The Morgan fingerprint density at radius 3 is 2.51 bits per heavy atom. The molecule has 4 nitrogen and oxygen atoms in total. The predicted octanol–water partition coefficient (Wildman–Crippen LogP) is 6.92. The quantitative estimate of drug-likeness (QED) is 0.331. The van der Waals surface area contributed by atoms with Gasteiger partial charge >= 0.3 is 0 Å². The second-order valence-electron chi connectivity index (χ2n) is 8.86. The van der Waals surface area contributed by atoms with E-state index in [-0.39, 0.29) is 18.3 Å². The van der Waals surface area contributed by atoms with E-state index in [2.05, 4.69) is 11.8 Å². The normalized spacial score (nSPS) is 14.3. The fraction of sp³-hybridized carbons (Fsp3) is 0.393. The lowest BCUT2D eigenvalue weighted by Crippen LogP contribution is -2.08. The van der Waals surface area contributed by atoms with Crippen molar-refractivity contribution in [2.45, 2.75) is 51.7 Å². The van der Waals surface area contributed by atoms with Crippen molar-refractivity contribution in [3.8, 4) is 34.6 Å². The van der Waals surface area contributed by atoms with Crippen molar-refractivity contribution in [2.24, 2.45) is 11.7 Å². The molecule has 1 unspecified atom stereocenters. The molecule has 0 aliphatic heterocycles. The van der Waals surface area contributed by atoms with Crippen LogP contribution in [0.15, 0.2) is 36.4 Å². The van der Waals surface area contributed by atoms with Gasteiger partial charge in [0, 0.05) is 22.4 Å². The van der Waals surface area contributed by atoms with Gasteiger partial charge in [-0.1, -0.05) is 48.9 Å². The van der Waals surface area contributed by atoms with E-state index in [9.17, 15) is 4.39 Å². The van der Waals surface area contributed by atoms with Crippen LogP contribution in [0, 0.1) is 31.6 Å². The van der Waals surface area contributed by atoms with Gasteiger partial charge in [0.25, 0.3) is 0 Å². The molecule has 0 amide bonds. The maximum Gasteiger partial charge on any atom is 0.132 e. The molecular formula is C28H32ClFN2O2S. The number of aromatic nitrogens is 1. The number of hydrogen-bond donors (Lipinski definition) is 1. The van der Waals surface area contributed by atoms with E-state index in [0.717, 1.165) is 44.4 Å². The second-order valence-corrected chi connectivity index (χ2v) is 10.1. The zero-order chi connectivity index (χ0) is 24.2. The molecule has 186 valence electrons. The summed E-state index contributed by atoms with van der Waals surface area (Å²) in [5, 5.41) is 0.776. The molecule has 0 bridgehead atoms. The second kappa shape index (κ2) is 11.9. The smallest absolute Gasteiger partial charge is 0.132 e. The van der Waals surface area contributed by atoms with Crippen LogP contribution < -0.4 is 15.2 Å². The molecule has 1 aliphatic rings. The van der Waals surface area contributed by atoms with E-state index in [1.165, 1.54) is 12.8 Å². The lowest BCUT2D eigenvalue weighted by atomic mass is 9.92. The average Bonchev–Trinajstić information content (AvgIpc) is 3.59. The summed E-state index contributed by atoms with van der Waals surface area (Å²) >= 11 is 1.56. The number of hydrogen-bond acceptors (Lipinski definition) is 5. The van der Waals surface area contributed by atoms with Gasteiger partial charge in [0.15, 0.2) is 0 Å². The van der Waals surface area contributed by atoms with Gasteiger partial charge in [-0.05, 0) is 48.9 Å². The number of ether oxygens (including phenoxy) is 2. The molecule has 2 aromatic carbocycles. The topological polar surface area (TPSA) is 57.4 Å². The lowest BCUT2D eigenvalue weighted by Gasteiger charge is -2.12. The minimum Gasteiger partial charge on any atom is -0.496 e. The molecule has 2 atom stereocenters. The molecule has 0 saturated heterocycles. The molecular weight excluding hydrogens is 483 g/mol. The largest absolute Gasteiger partial charge is 0.496 e. The number of aryl methyl sites for hydroxylation is 2. The Labute approximate surface area is 217 Å². The number of halogens is 2. The summed E-state index contributed by atoms with van der Waals surface area (Å²) in [5.74, 6) is 8.88. The molecule has 1 fully saturated rings. The minimum atomic E-state index is -0.492. The molecule has 4 rings (SSSR count). The zero-order valence-electron chi connectivity index (χ0n) is 20.6. The Morgan fingerprint density at radius 2 is 1.86 bits per heavy atom. The summed E-state index contributed by atoms with van der Waals surface area (Å²) in [6, 6.07) is 11.1. The van der Waals surface area contributed by atoms with Gasteiger partial charge in [0.2, 0.25) is 0 Å². The maximum atomic E-state index is 13.2. The van der Waals surface area contributed by atoms with Crippen LogP contribution in [0.5, 0.6) is 11.5 Å². The Hall–Kier alpha value is -2.59. The van der Waals surface area contributed by atoms with E-state index in [4.69, 9.17) is 20.2 Å². The van der Waals surface area contributed by atoms with Crippen LogP contribution in [-0.2, 0) is 6.67 Å². The van der Waals surface area contributed by atoms with Crippen molar-refractivity contribution in [3.05, 3.63) is 63.0 Å². The Balaban J connectivity index is 0.00000342. The number of nitrogens with zero attached hydrogens (tertiary/aromatic N) is 1. The van der Waals surface area contributed by atoms with Crippen LogP contribution in [0.4, 0.5) is 4.39 Å². The zero-order valence-corrected chi connectivity index (χ0v) is 22.2. The summed E-state index contributed by atoms with van der Waals surface area (Å²) in [4.78, 5) is 5.91. The van der Waals surface area contributed by atoms with Crippen molar-refractivity contribution < 1.29 is 13.9 Å². The van der Waals surface area contributed by atoms with Crippen molar-refractivity contribution in [2.75, 3.05) is 14.2 Å². The van der Waals surface area contributed by atoms with E-state index in [0.29, 0.717) is 17.2 Å². The highest BCUT2D eigenvalue weighted by molar-refractivity contribution is 7.12. The molecule has 2 N–H and O–H groups in total. The monoisotopic (exact) mass is 514 g/mol. The van der Waals surface area contributed by atoms with Crippen LogP contribution >= 0.6 is 23.7 Å². The van der Waals surface area contributed by atoms with Gasteiger partial charge in [-0.3, -0.25) is 0 Å². The molecule has 1 heterocycles. The highest BCUT2D eigenvalue weighted by Crippen LogP contribution is 2.40. The van der Waals surface area contributed by atoms with Crippen LogP contribution in [-0.4, -0.2) is 19.2 Å². The predicted molar refractivity (Wildman–Crippen MR) is 143 cm³/mol. The molecule has 0 radical (unpaired) electrons. The Bertz CT molecular complexity index is 1230. The molecule has 1 aromatic heterocycles. The summed E-state index contributed by atoms with van der Waals surface area (Å²) in [6.45, 7) is 3.57. The van der Waals surface area contributed by atoms with Crippen molar-refractivity contribution in [3.63, 3.8) is 0 Å². The molecule has 3 aromatic rings. The SMILES string of the molecule is COc1cc(OC)c(-c2nc(C(N)C#C[C@@H](CC3CC3)c3cccc(CF)c3)sc2C)cc1C.Cl. The average molecular weight is 515 g/mol. The first-order valence-electron chi connectivity index (χ1n) is 11.5. The third kappa shape index (κ3) is 6.35. The van der Waals surface area contributed by atoms with E-state index < -0.39 is 12.7 Å². The fourth-order valence-corrected chi connectivity index (χ4v) is 5.04. The summed E-state index contributed by atoms with van der Waals surface area (Å²) in [7, 11) is 3.29. The van der Waals surface area contributed by atoms with Gasteiger partial charge in [-0.15, -0.1) is 23.7 Å². The first-order chi connectivity index (χ1) is 16.4. The van der Waals surface area contributed by atoms with Crippen molar-refractivity contribution >= 4 is 23.7 Å². The minimum absolute atomic E-state index is 0. The summed E-state index contributed by atoms with van der Waals surface area (Å²) < 4.78 is 24.2. The number of thiazole rings is 1. The van der Waals surface area contributed by atoms with Crippen LogP contribution in [0.1, 0.15) is 57.8 Å². The molecule has 7 heteroatoms. The Kier molecular flexibility index (Phi) is 9.18. The van der Waals surface area contributed by atoms with Gasteiger partial charge in [0.1, 0.15) is 29.2 Å². The van der Waals surface area contributed by atoms with Crippen molar-refractivity contribution in [1.82, 2.24) is 4.98 Å². The van der Waals surface area contributed by atoms with E-state index >= 15 is 0 Å². The van der Waals surface area contributed by atoms with E-state index in [1.54, 1.807) is 25.6 Å². The van der Waals surface area contributed by atoms with Gasteiger partial charge in [-0.25, -0.2) is 9.37 Å². The third-order valence-corrected chi connectivity index (χ3v) is 7.29. The summed E-state index contributed by atoms with van der Waals surface area (Å²) in [5.41, 5.74) is 11.0. The number of rotatable bonds is 8. The lowest BCUT2D eigenvalue weighted by molar-refractivity contribution is 0.393. The molecule has 35 heavy (non-hydrogen) atoms. The standard InChI is InChI=1S/C28H31FN2O2S.ClH/c1-17-12-23(26(33-4)15-25(17)32-3)27-18(2)34-28(31-27)24(30)11-10-22(13-19-8-9-19)21-7-5-6-20(14-21)16-29;/h5-7,12,14-15,19,22,24H,8-9,13,16,30H2,1-4H3;1H/t22-,24?;/m0./s1. The van der Waals surface area contributed by atoms with Gasteiger partial charge < -0.3 is 15.2 Å². The van der Waals surface area contributed by atoms with Crippen LogP contribution in [0.25, 0.3) is 11.3 Å². The third-order valence-electron chi connectivity index (χ3n) is 6.24. The first-order valence-corrected chi connectivity index (χ1v) is 12.4. The first kappa shape index (κ1) is 27.0. The number of nitrogens with two attached hydrogens (primary N) is 1. The van der Waals surface area contributed by atoms with Crippen molar-refractivity contribution in [1.29, 1.82) is 0 Å². The highest BCUT2D eigenvalue weighted by atomic mass is 35.5. The maximum absolute atomic E-state index is 13.2. The molecule has 0 spiro atoms. The van der Waals surface area contributed by atoms with Crippen LogP contribution in [0.3, 0.4) is 0 Å². The molecule has 1 saturated carbocycles. The van der Waals surface area contributed by atoms with Crippen LogP contribution in [0.2, 0.25) is 0 Å². The Morgan fingerprint density at radius 1 is 1.11 bits per heavy atom. The summed E-state index contributed by atoms with van der Waals surface area (Å²) in [6.07, 6.45) is 3.47. The van der Waals surface area contributed by atoms with Gasteiger partial charge in [-0.2, -0.15) is 0 Å². The number of benzene rings is 2. The van der Waals surface area contributed by atoms with Gasteiger partial charge in [0.05, 0.1) is 19.9 Å². The molecule has 1 aliphatic carbocycles. The highest BCUT2D eigenvalue weighted by Gasteiger charge is 2.26. The van der Waals surface area contributed by atoms with E-state index in [1.807, 2.05) is 50.2 Å². The number of alkyl halides is 1.